The van der Waals surface area contributed by atoms with Crippen molar-refractivity contribution in [1.82, 2.24) is 5.32 Å². The summed E-state index contributed by atoms with van der Waals surface area (Å²) in [6.07, 6.45) is 3.86. The lowest BCUT2D eigenvalue weighted by molar-refractivity contribution is 0.0734. The lowest BCUT2D eigenvalue weighted by Crippen LogP contribution is -2.38. The number of fused-ring (bicyclic) bond motifs is 3. The first-order valence-corrected chi connectivity index (χ1v) is 13.7. The van der Waals surface area contributed by atoms with Crippen LogP contribution in [0.2, 0.25) is 0 Å². The van der Waals surface area contributed by atoms with Crippen LogP contribution in [0.5, 0.6) is 11.5 Å². The minimum Gasteiger partial charge on any atom is -0.493 e. The van der Waals surface area contributed by atoms with Gasteiger partial charge in [0.15, 0.2) is 11.5 Å². The number of benzene rings is 1. The van der Waals surface area contributed by atoms with Crippen molar-refractivity contribution in [2.24, 2.45) is 11.3 Å². The molecule has 0 saturated carbocycles. The molecule has 35 heavy (non-hydrogen) atoms. The monoisotopic (exact) mass is 510 g/mol. The molecule has 0 radical (unpaired) electrons. The van der Waals surface area contributed by atoms with Gasteiger partial charge in [-0.25, -0.2) is 4.79 Å². The molecule has 8 heteroatoms. The van der Waals surface area contributed by atoms with E-state index in [0.717, 1.165) is 41.8 Å². The Morgan fingerprint density at radius 2 is 2.03 bits per heavy atom. The van der Waals surface area contributed by atoms with E-state index in [1.807, 2.05) is 11.4 Å². The van der Waals surface area contributed by atoms with Crippen molar-refractivity contribution in [2.75, 3.05) is 12.4 Å². The van der Waals surface area contributed by atoms with E-state index < -0.39 is 12.1 Å². The minimum absolute atomic E-state index is 0.0402. The molecule has 184 valence electrons. The van der Waals surface area contributed by atoms with E-state index in [2.05, 4.69) is 31.4 Å². The summed E-state index contributed by atoms with van der Waals surface area (Å²) >= 11 is 3.04. The molecule has 0 saturated heterocycles. The number of hydrogen-bond acceptors (Lipinski definition) is 7. The molecule has 2 aliphatic rings. The molecule has 1 aliphatic carbocycles. The van der Waals surface area contributed by atoms with E-state index in [1.165, 1.54) is 28.9 Å². The summed E-state index contributed by atoms with van der Waals surface area (Å²) in [6.45, 7) is 6.97. The first kappa shape index (κ1) is 23.9. The van der Waals surface area contributed by atoms with E-state index in [1.54, 1.807) is 35.6 Å². The quantitative estimate of drug-likeness (QED) is 0.295. The highest BCUT2D eigenvalue weighted by Crippen LogP contribution is 2.47. The van der Waals surface area contributed by atoms with Gasteiger partial charge >= 0.3 is 5.97 Å². The molecule has 5 rings (SSSR count). The van der Waals surface area contributed by atoms with Gasteiger partial charge in [0.1, 0.15) is 16.0 Å². The number of hydrogen-bond donors (Lipinski definition) is 2. The number of carbonyl (C=O) groups excluding carboxylic acids is 2. The van der Waals surface area contributed by atoms with Crippen LogP contribution in [0.1, 0.15) is 75.8 Å². The van der Waals surface area contributed by atoms with Gasteiger partial charge in [-0.2, -0.15) is 0 Å². The molecule has 1 amide bonds. The zero-order valence-electron chi connectivity index (χ0n) is 20.4. The molecule has 0 spiro atoms. The van der Waals surface area contributed by atoms with Gasteiger partial charge in [-0.1, -0.05) is 39.3 Å². The largest absolute Gasteiger partial charge is 0.493 e. The highest BCUT2D eigenvalue weighted by Gasteiger charge is 2.37. The molecular weight excluding hydrogens is 480 g/mol. The van der Waals surface area contributed by atoms with Gasteiger partial charge in [0.2, 0.25) is 0 Å². The van der Waals surface area contributed by atoms with Crippen LogP contribution in [0.25, 0.3) is 0 Å². The van der Waals surface area contributed by atoms with Crippen LogP contribution in [-0.4, -0.2) is 19.0 Å². The SMILES string of the molecule is CCC(C)(C)[C@@H]1CCc2c(sc3c2C(=O)N[C@H](c2ccc(OC(=O)c4cccs4)c(OC)c2)N3)C1. The van der Waals surface area contributed by atoms with Gasteiger partial charge < -0.3 is 20.1 Å². The molecule has 2 aromatic heterocycles. The molecule has 3 aromatic rings. The summed E-state index contributed by atoms with van der Waals surface area (Å²) in [7, 11) is 1.54. The molecule has 0 fully saturated rings. The second-order valence-corrected chi connectivity index (χ2v) is 11.9. The maximum Gasteiger partial charge on any atom is 0.353 e. The number of ether oxygens (including phenoxy) is 2. The van der Waals surface area contributed by atoms with Crippen molar-refractivity contribution in [2.45, 2.75) is 52.6 Å². The van der Waals surface area contributed by atoms with Gasteiger partial charge in [-0.05, 0) is 65.3 Å². The van der Waals surface area contributed by atoms with Crippen LogP contribution in [0.3, 0.4) is 0 Å². The molecule has 2 N–H and O–H groups in total. The smallest absolute Gasteiger partial charge is 0.353 e. The predicted molar refractivity (Wildman–Crippen MR) is 140 cm³/mol. The van der Waals surface area contributed by atoms with Crippen molar-refractivity contribution in [3.05, 3.63) is 62.2 Å². The van der Waals surface area contributed by atoms with Gasteiger partial charge in [-0.15, -0.1) is 22.7 Å². The first-order chi connectivity index (χ1) is 16.8. The topological polar surface area (TPSA) is 76.7 Å². The zero-order valence-corrected chi connectivity index (χ0v) is 22.0. The first-order valence-electron chi connectivity index (χ1n) is 12.0. The Morgan fingerprint density at radius 1 is 1.20 bits per heavy atom. The molecule has 0 unspecified atom stereocenters. The highest BCUT2D eigenvalue weighted by atomic mass is 32.1. The molecule has 0 bridgehead atoms. The molecule has 1 aromatic carbocycles. The molecule has 3 heterocycles. The number of nitrogens with one attached hydrogen (secondary N) is 2. The van der Waals surface area contributed by atoms with Crippen molar-refractivity contribution in [1.29, 1.82) is 0 Å². The Morgan fingerprint density at radius 3 is 2.74 bits per heavy atom. The van der Waals surface area contributed by atoms with Gasteiger partial charge in [0.05, 0.1) is 12.7 Å². The van der Waals surface area contributed by atoms with Crippen molar-refractivity contribution in [3.8, 4) is 11.5 Å². The molecule has 6 nitrogen and oxygen atoms in total. The van der Waals surface area contributed by atoms with Crippen LogP contribution in [0.15, 0.2) is 35.7 Å². The Kier molecular flexibility index (Phi) is 6.36. The minimum atomic E-state index is -0.423. The lowest BCUT2D eigenvalue weighted by Gasteiger charge is -2.36. The van der Waals surface area contributed by atoms with Crippen molar-refractivity contribution < 1.29 is 19.1 Å². The van der Waals surface area contributed by atoms with Crippen molar-refractivity contribution >= 4 is 39.6 Å². The normalized spacial score (nSPS) is 19.3. The summed E-state index contributed by atoms with van der Waals surface area (Å²) in [6, 6.07) is 8.88. The second-order valence-electron chi connectivity index (χ2n) is 9.82. The fourth-order valence-corrected chi connectivity index (χ4v) is 6.87. The Labute approximate surface area is 213 Å². The molecular formula is C27H30N2O4S2. The fraction of sp³-hybridized carbons (Fsp3) is 0.407. The van der Waals surface area contributed by atoms with E-state index in [4.69, 9.17) is 9.47 Å². The van der Waals surface area contributed by atoms with Gasteiger partial charge in [-0.3, -0.25) is 4.79 Å². The maximum absolute atomic E-state index is 13.2. The van der Waals surface area contributed by atoms with Crippen LogP contribution in [0.4, 0.5) is 5.00 Å². The van der Waals surface area contributed by atoms with Crippen LogP contribution >= 0.6 is 22.7 Å². The van der Waals surface area contributed by atoms with Crippen molar-refractivity contribution in [3.63, 3.8) is 0 Å². The number of anilines is 1. The van der Waals surface area contributed by atoms with E-state index in [9.17, 15) is 9.59 Å². The number of esters is 1. The third-order valence-electron chi connectivity index (χ3n) is 7.51. The standard InChI is InChI=1S/C27H30N2O4S2/c1-5-27(2,3)16-9-10-17-21(14-16)35-25-22(17)24(30)28-23(29-25)15-8-11-18(19(13-15)32-4)33-26(31)20-7-6-12-34-20/h6-8,11-13,16,23,29H,5,9-10,14H2,1-4H3,(H,28,30)/t16-,23+/m1/s1. The van der Waals surface area contributed by atoms with E-state index in [0.29, 0.717) is 27.7 Å². The average Bonchev–Trinajstić information content (AvgIpc) is 3.52. The molecule has 2 atom stereocenters. The fourth-order valence-electron chi connectivity index (χ4n) is 4.91. The summed E-state index contributed by atoms with van der Waals surface area (Å²) in [5.74, 6) is 0.945. The number of amides is 1. The lowest BCUT2D eigenvalue weighted by atomic mass is 9.69. The summed E-state index contributed by atoms with van der Waals surface area (Å²) in [4.78, 5) is 27.4. The van der Waals surface area contributed by atoms with E-state index in [-0.39, 0.29) is 5.91 Å². The Balaban J connectivity index is 1.37. The zero-order chi connectivity index (χ0) is 24.7. The Hall–Kier alpha value is -2.84. The third kappa shape index (κ3) is 4.45. The number of methoxy groups -OCH3 is 1. The Bertz CT molecular complexity index is 1260. The number of thiophene rings is 2. The highest BCUT2D eigenvalue weighted by molar-refractivity contribution is 7.16. The van der Waals surface area contributed by atoms with Gasteiger partial charge in [0, 0.05) is 4.88 Å². The summed E-state index contributed by atoms with van der Waals surface area (Å²) in [5, 5.41) is 9.40. The maximum atomic E-state index is 13.2. The summed E-state index contributed by atoms with van der Waals surface area (Å²) < 4.78 is 11.0. The number of carbonyl (C=O) groups is 2. The number of rotatable bonds is 6. The molecule has 1 aliphatic heterocycles. The predicted octanol–water partition coefficient (Wildman–Crippen LogP) is 6.43. The second kappa shape index (κ2) is 9.32. The van der Waals surface area contributed by atoms with Crippen LogP contribution < -0.4 is 20.1 Å². The third-order valence-corrected chi connectivity index (χ3v) is 9.54. The van der Waals surface area contributed by atoms with Crippen LogP contribution in [0, 0.1) is 11.3 Å². The van der Waals surface area contributed by atoms with Gasteiger partial charge in [0.25, 0.3) is 5.91 Å². The summed E-state index contributed by atoms with van der Waals surface area (Å²) in [5.41, 5.74) is 3.15. The van der Waals surface area contributed by atoms with E-state index >= 15 is 0 Å². The average molecular weight is 511 g/mol. The van der Waals surface area contributed by atoms with Crippen LogP contribution in [-0.2, 0) is 12.8 Å².